The Bertz CT molecular complexity index is 1130. The Kier molecular flexibility index (Phi) is 8.09. The van der Waals surface area contributed by atoms with Gasteiger partial charge in [-0.3, -0.25) is 0 Å². The summed E-state index contributed by atoms with van der Waals surface area (Å²) in [4.78, 5) is 12.9. The number of ether oxygens (including phenoxy) is 3. The van der Waals surface area contributed by atoms with Crippen LogP contribution in [0.4, 0.5) is 0 Å². The highest BCUT2D eigenvalue weighted by Crippen LogP contribution is 2.35. The average Bonchev–Trinajstić information content (AvgIpc) is 3.18. The first kappa shape index (κ1) is 24.2. The van der Waals surface area contributed by atoms with Crippen molar-refractivity contribution in [3.8, 4) is 16.9 Å². The topological polar surface area (TPSA) is 62.6 Å². The van der Waals surface area contributed by atoms with E-state index in [9.17, 15) is 4.79 Å². The fourth-order valence-electron chi connectivity index (χ4n) is 3.70. The lowest BCUT2D eigenvalue weighted by Crippen LogP contribution is -2.22. The van der Waals surface area contributed by atoms with Crippen molar-refractivity contribution in [2.75, 3.05) is 13.2 Å². The van der Waals surface area contributed by atoms with Crippen LogP contribution in [0.3, 0.4) is 0 Å². The molecule has 0 saturated carbocycles. The second kappa shape index (κ2) is 11.0. The molecule has 1 atom stereocenters. The second-order valence-corrected chi connectivity index (χ2v) is 9.28. The fourth-order valence-corrected chi connectivity index (χ4v) is 4.58. The lowest BCUT2D eigenvalue weighted by molar-refractivity contribution is -0.168. The van der Waals surface area contributed by atoms with Crippen LogP contribution in [0.15, 0.2) is 46.9 Å². The van der Waals surface area contributed by atoms with E-state index >= 15 is 0 Å². The van der Waals surface area contributed by atoms with Crippen LogP contribution in [0.5, 0.6) is 0 Å². The first-order valence-electron chi connectivity index (χ1n) is 10.7. The summed E-state index contributed by atoms with van der Waals surface area (Å²) in [6.45, 7) is 2.78. The van der Waals surface area contributed by atoms with Crippen LogP contribution < -0.4 is 0 Å². The van der Waals surface area contributed by atoms with E-state index < -0.39 is 5.97 Å². The van der Waals surface area contributed by atoms with Crippen LogP contribution in [0.1, 0.15) is 42.2 Å². The van der Waals surface area contributed by atoms with Crippen LogP contribution in [0.2, 0.25) is 10.0 Å². The van der Waals surface area contributed by atoms with Crippen LogP contribution >= 0.6 is 39.1 Å². The van der Waals surface area contributed by atoms with Gasteiger partial charge in [0.2, 0.25) is 0 Å². The van der Waals surface area contributed by atoms with Gasteiger partial charge in [0.15, 0.2) is 12.0 Å². The summed E-state index contributed by atoms with van der Waals surface area (Å²) in [6.07, 6.45) is 2.53. The average molecular weight is 554 g/mol. The fraction of sp³-hybridized carbons (Fsp3) is 0.333. The van der Waals surface area contributed by atoms with E-state index in [1.807, 2.05) is 24.3 Å². The third kappa shape index (κ3) is 5.61. The molecule has 1 aromatic heterocycles. The molecule has 0 amide bonds. The predicted molar refractivity (Wildman–Crippen MR) is 131 cm³/mol. The zero-order valence-corrected chi connectivity index (χ0v) is 21.1. The summed E-state index contributed by atoms with van der Waals surface area (Å²) in [6, 6.07) is 12.8. The van der Waals surface area contributed by atoms with Crippen molar-refractivity contribution in [3.63, 3.8) is 0 Å². The number of benzene rings is 2. The Morgan fingerprint density at radius 3 is 2.67 bits per heavy atom. The zero-order valence-electron chi connectivity index (χ0n) is 18.0. The quantitative estimate of drug-likeness (QED) is 0.300. The molecule has 1 aliphatic rings. The Morgan fingerprint density at radius 1 is 1.21 bits per heavy atom. The van der Waals surface area contributed by atoms with Gasteiger partial charge in [-0.15, -0.1) is 0 Å². The standard InChI is InChI=1S/C24H23BrCl2N2O4/c1-2-31-24(30)22-18(14-33-21-5-3-4-12-32-21)23(15-6-9-17(26)10-7-15)29(28-22)20-11-8-16(25)13-19(20)27/h6-11,13,21H,2-5,12,14H2,1H3. The van der Waals surface area contributed by atoms with Crippen molar-refractivity contribution >= 4 is 45.1 Å². The molecule has 1 unspecified atom stereocenters. The molecule has 0 radical (unpaired) electrons. The van der Waals surface area contributed by atoms with E-state index in [1.54, 1.807) is 29.8 Å². The minimum atomic E-state index is -0.525. The third-order valence-corrected chi connectivity index (χ3v) is 6.31. The van der Waals surface area contributed by atoms with Crippen LogP contribution in [-0.2, 0) is 20.8 Å². The van der Waals surface area contributed by atoms with E-state index in [-0.39, 0.29) is 25.2 Å². The van der Waals surface area contributed by atoms with Gasteiger partial charge in [-0.05, 0) is 56.5 Å². The smallest absolute Gasteiger partial charge is 0.359 e. The minimum absolute atomic E-state index is 0.130. The number of rotatable bonds is 7. The van der Waals surface area contributed by atoms with Gasteiger partial charge in [0, 0.05) is 27.2 Å². The van der Waals surface area contributed by atoms with Crippen molar-refractivity contribution in [2.24, 2.45) is 0 Å². The molecule has 1 saturated heterocycles. The number of esters is 1. The molecular formula is C24H23BrCl2N2O4. The van der Waals surface area contributed by atoms with Crippen LogP contribution in [0.25, 0.3) is 16.9 Å². The summed E-state index contributed by atoms with van der Waals surface area (Å²) < 4.78 is 19.6. The van der Waals surface area contributed by atoms with Crippen molar-refractivity contribution in [3.05, 3.63) is 68.2 Å². The predicted octanol–water partition coefficient (Wildman–Crippen LogP) is 6.83. The van der Waals surface area contributed by atoms with Gasteiger partial charge in [-0.25, -0.2) is 9.48 Å². The number of nitrogens with zero attached hydrogens (tertiary/aromatic N) is 2. The van der Waals surface area contributed by atoms with E-state index in [0.29, 0.717) is 33.6 Å². The van der Waals surface area contributed by atoms with Gasteiger partial charge >= 0.3 is 5.97 Å². The highest BCUT2D eigenvalue weighted by molar-refractivity contribution is 9.10. The minimum Gasteiger partial charge on any atom is -0.461 e. The number of hydrogen-bond acceptors (Lipinski definition) is 5. The number of hydrogen-bond donors (Lipinski definition) is 0. The first-order chi connectivity index (χ1) is 16.0. The van der Waals surface area contributed by atoms with Gasteiger partial charge in [-0.1, -0.05) is 51.3 Å². The largest absolute Gasteiger partial charge is 0.461 e. The maximum Gasteiger partial charge on any atom is 0.359 e. The van der Waals surface area contributed by atoms with E-state index in [2.05, 4.69) is 21.0 Å². The van der Waals surface area contributed by atoms with Crippen molar-refractivity contribution < 1.29 is 19.0 Å². The molecule has 1 aliphatic heterocycles. The number of carbonyl (C=O) groups is 1. The van der Waals surface area contributed by atoms with E-state index in [0.717, 1.165) is 29.3 Å². The summed E-state index contributed by atoms with van der Waals surface area (Å²) in [5.74, 6) is -0.525. The van der Waals surface area contributed by atoms with Gasteiger partial charge in [-0.2, -0.15) is 5.10 Å². The number of aromatic nitrogens is 2. The molecule has 6 nitrogen and oxygen atoms in total. The summed E-state index contributed by atoms with van der Waals surface area (Å²) in [7, 11) is 0. The molecule has 4 rings (SSSR count). The third-order valence-electron chi connectivity index (χ3n) is 5.26. The molecule has 2 heterocycles. The molecule has 0 spiro atoms. The number of halogens is 3. The van der Waals surface area contributed by atoms with Gasteiger partial charge < -0.3 is 14.2 Å². The maximum absolute atomic E-state index is 12.9. The Morgan fingerprint density at radius 2 is 2.00 bits per heavy atom. The zero-order chi connectivity index (χ0) is 23.4. The van der Waals surface area contributed by atoms with Crippen molar-refractivity contribution in [1.29, 1.82) is 0 Å². The molecule has 174 valence electrons. The lowest BCUT2D eigenvalue weighted by atomic mass is 10.1. The normalized spacial score (nSPS) is 16.1. The molecule has 33 heavy (non-hydrogen) atoms. The van der Waals surface area contributed by atoms with Gasteiger partial charge in [0.05, 0.1) is 29.6 Å². The Labute approximate surface area is 210 Å². The molecule has 1 fully saturated rings. The number of carbonyl (C=O) groups excluding carboxylic acids is 1. The lowest BCUT2D eigenvalue weighted by Gasteiger charge is -2.23. The second-order valence-electron chi connectivity index (χ2n) is 7.52. The molecule has 9 heteroatoms. The Balaban J connectivity index is 1.87. The first-order valence-corrected chi connectivity index (χ1v) is 12.3. The molecule has 0 aliphatic carbocycles. The monoisotopic (exact) mass is 552 g/mol. The van der Waals surface area contributed by atoms with Crippen LogP contribution in [-0.4, -0.2) is 35.3 Å². The molecule has 2 aromatic carbocycles. The summed E-state index contributed by atoms with van der Waals surface area (Å²) >= 11 is 16.1. The van der Waals surface area contributed by atoms with Crippen molar-refractivity contribution in [2.45, 2.75) is 39.1 Å². The summed E-state index contributed by atoms with van der Waals surface area (Å²) in [5, 5.41) is 5.72. The molecular weight excluding hydrogens is 531 g/mol. The maximum atomic E-state index is 12.9. The highest BCUT2D eigenvalue weighted by atomic mass is 79.9. The van der Waals surface area contributed by atoms with E-state index in [4.69, 9.17) is 37.4 Å². The Hall–Kier alpha value is -1.90. The SMILES string of the molecule is CCOC(=O)c1nn(-c2ccc(Br)cc2Cl)c(-c2ccc(Cl)cc2)c1COC1CCCCO1. The summed E-state index contributed by atoms with van der Waals surface area (Å²) in [5.41, 5.74) is 2.88. The molecule has 0 N–H and O–H groups in total. The molecule has 0 bridgehead atoms. The van der Waals surface area contributed by atoms with Gasteiger partial charge in [0.25, 0.3) is 0 Å². The van der Waals surface area contributed by atoms with Gasteiger partial charge in [0.1, 0.15) is 0 Å². The van der Waals surface area contributed by atoms with Crippen LogP contribution in [0, 0.1) is 0 Å². The van der Waals surface area contributed by atoms with Crippen molar-refractivity contribution in [1.82, 2.24) is 9.78 Å². The molecule has 3 aromatic rings. The van der Waals surface area contributed by atoms with E-state index in [1.165, 1.54) is 0 Å². The highest BCUT2D eigenvalue weighted by Gasteiger charge is 2.28.